The Morgan fingerprint density at radius 2 is 2.05 bits per heavy atom. The quantitative estimate of drug-likeness (QED) is 0.787. The Morgan fingerprint density at radius 3 is 2.77 bits per heavy atom. The maximum atomic E-state index is 12.8. The van der Waals surface area contributed by atoms with Crippen molar-refractivity contribution in [3.63, 3.8) is 0 Å². The zero-order valence-corrected chi connectivity index (χ0v) is 13.5. The topological polar surface area (TPSA) is 55.9 Å². The van der Waals surface area contributed by atoms with Crippen molar-refractivity contribution in [3.05, 3.63) is 40.4 Å². The van der Waals surface area contributed by atoms with Crippen molar-refractivity contribution in [1.82, 2.24) is 9.55 Å². The van der Waals surface area contributed by atoms with Gasteiger partial charge in [-0.1, -0.05) is 19.1 Å². The third-order valence-electron chi connectivity index (χ3n) is 4.68. The molecule has 1 aromatic carbocycles. The minimum Gasteiger partial charge on any atom is -0.337 e. The van der Waals surface area contributed by atoms with Crippen LogP contribution in [0.2, 0.25) is 0 Å². The second kappa shape index (κ2) is 6.58. The van der Waals surface area contributed by atoms with E-state index >= 15 is 0 Å². The van der Waals surface area contributed by atoms with E-state index in [1.165, 1.54) is 4.90 Å². The Balaban J connectivity index is 2.09. The molecule has 0 unspecified atom stereocenters. The Hall–Kier alpha value is -1.72. The van der Waals surface area contributed by atoms with Crippen molar-refractivity contribution in [2.75, 3.05) is 26.2 Å². The van der Waals surface area contributed by atoms with Crippen LogP contribution in [0.1, 0.15) is 32.1 Å². The van der Waals surface area contributed by atoms with Gasteiger partial charge in [-0.05, 0) is 25.5 Å². The van der Waals surface area contributed by atoms with Crippen molar-refractivity contribution in [2.24, 2.45) is 0 Å². The van der Waals surface area contributed by atoms with E-state index in [4.69, 9.17) is 4.98 Å². The highest BCUT2D eigenvalue weighted by atomic mass is 16.1. The van der Waals surface area contributed by atoms with E-state index in [0.717, 1.165) is 55.9 Å². The van der Waals surface area contributed by atoms with Crippen LogP contribution in [0.4, 0.5) is 0 Å². The maximum absolute atomic E-state index is 12.8. The van der Waals surface area contributed by atoms with E-state index < -0.39 is 0 Å². The van der Waals surface area contributed by atoms with Crippen LogP contribution in [0.3, 0.4) is 0 Å². The molecule has 1 aliphatic rings. The van der Waals surface area contributed by atoms with Crippen molar-refractivity contribution < 1.29 is 10.2 Å². The molecular weight excluding hydrogens is 276 g/mol. The van der Waals surface area contributed by atoms with Gasteiger partial charge in [-0.2, -0.15) is 0 Å². The van der Waals surface area contributed by atoms with Gasteiger partial charge in [0, 0.05) is 6.54 Å². The van der Waals surface area contributed by atoms with Gasteiger partial charge in [0.2, 0.25) is 0 Å². The van der Waals surface area contributed by atoms with E-state index in [-0.39, 0.29) is 11.6 Å². The zero-order chi connectivity index (χ0) is 15.5. The van der Waals surface area contributed by atoms with E-state index in [1.54, 1.807) is 0 Å². The molecule has 0 radical (unpaired) electrons. The van der Waals surface area contributed by atoms with E-state index in [1.807, 2.05) is 28.8 Å². The Kier molecular flexibility index (Phi) is 4.55. The number of piperazine rings is 1. The number of quaternary nitrogens is 2. The first-order chi connectivity index (χ1) is 10.7. The molecule has 0 spiro atoms. The number of rotatable bonds is 4. The van der Waals surface area contributed by atoms with Crippen LogP contribution >= 0.6 is 0 Å². The SMILES string of the molecule is CCCn1c([C@H](C)[NH+]2CC[NH2+]CC2)nc2ccccc2c1=O. The van der Waals surface area contributed by atoms with Gasteiger partial charge >= 0.3 is 0 Å². The highest BCUT2D eigenvalue weighted by molar-refractivity contribution is 5.77. The Bertz CT molecular complexity index is 703. The number of hydrogen-bond acceptors (Lipinski definition) is 2. The molecule has 2 heterocycles. The summed E-state index contributed by atoms with van der Waals surface area (Å²) in [5.41, 5.74) is 0.932. The van der Waals surface area contributed by atoms with Crippen molar-refractivity contribution in [2.45, 2.75) is 32.9 Å². The minimum atomic E-state index is 0.109. The first kappa shape index (κ1) is 15.2. The first-order valence-corrected chi connectivity index (χ1v) is 8.38. The van der Waals surface area contributed by atoms with Gasteiger partial charge in [-0.3, -0.25) is 9.36 Å². The molecule has 0 amide bonds. The number of aromatic nitrogens is 2. The van der Waals surface area contributed by atoms with Gasteiger partial charge < -0.3 is 10.2 Å². The van der Waals surface area contributed by atoms with Crippen molar-refractivity contribution in [3.8, 4) is 0 Å². The van der Waals surface area contributed by atoms with Crippen LogP contribution in [0, 0.1) is 0 Å². The van der Waals surface area contributed by atoms with Gasteiger partial charge in [-0.15, -0.1) is 0 Å². The third kappa shape index (κ3) is 2.78. The van der Waals surface area contributed by atoms with Crippen molar-refractivity contribution in [1.29, 1.82) is 0 Å². The molecule has 118 valence electrons. The molecule has 5 nitrogen and oxygen atoms in total. The lowest BCUT2D eigenvalue weighted by Crippen LogP contribution is -3.20. The van der Waals surface area contributed by atoms with E-state index in [0.29, 0.717) is 0 Å². The number of nitrogens with two attached hydrogens (primary N) is 1. The summed E-state index contributed by atoms with van der Waals surface area (Å²) in [4.78, 5) is 19.2. The fourth-order valence-corrected chi connectivity index (χ4v) is 3.42. The lowest BCUT2D eigenvalue weighted by molar-refractivity contribution is -0.971. The van der Waals surface area contributed by atoms with Gasteiger partial charge in [-0.25, -0.2) is 4.98 Å². The summed E-state index contributed by atoms with van der Waals surface area (Å²) in [5.74, 6) is 0.947. The van der Waals surface area contributed by atoms with Gasteiger partial charge in [0.1, 0.15) is 32.2 Å². The summed E-state index contributed by atoms with van der Waals surface area (Å²) in [5, 5.41) is 3.09. The second-order valence-corrected chi connectivity index (χ2v) is 6.19. The molecule has 1 aromatic heterocycles. The average molecular weight is 302 g/mol. The second-order valence-electron chi connectivity index (χ2n) is 6.19. The molecule has 5 heteroatoms. The van der Waals surface area contributed by atoms with E-state index in [9.17, 15) is 4.79 Å². The molecule has 0 aliphatic carbocycles. The van der Waals surface area contributed by atoms with Gasteiger partial charge in [0.05, 0.1) is 10.9 Å². The standard InChI is InChI=1S/C17H24N4O/c1-3-10-21-16(13(2)20-11-8-18-9-12-20)19-15-7-5-4-6-14(15)17(21)22/h4-7,13,18H,3,8-12H2,1-2H3/p+2/t13-/m0/s1. The monoisotopic (exact) mass is 302 g/mol. The van der Waals surface area contributed by atoms with Gasteiger partial charge in [0.25, 0.3) is 5.56 Å². The number of fused-ring (bicyclic) bond motifs is 1. The van der Waals surface area contributed by atoms with Gasteiger partial charge in [0.15, 0.2) is 5.82 Å². The smallest absolute Gasteiger partial charge is 0.261 e. The molecule has 1 saturated heterocycles. The van der Waals surface area contributed by atoms with Crippen LogP contribution in [-0.4, -0.2) is 35.7 Å². The summed E-state index contributed by atoms with van der Waals surface area (Å²) in [6.45, 7) is 9.65. The summed E-state index contributed by atoms with van der Waals surface area (Å²) >= 11 is 0. The predicted octanol–water partition coefficient (Wildman–Crippen LogP) is -0.671. The molecule has 2 aromatic rings. The number of para-hydroxylation sites is 1. The summed E-state index contributed by atoms with van der Waals surface area (Å²) in [6, 6.07) is 7.96. The van der Waals surface area contributed by atoms with Crippen LogP contribution in [0.15, 0.2) is 29.1 Å². The lowest BCUT2D eigenvalue weighted by Gasteiger charge is -2.29. The highest BCUT2D eigenvalue weighted by Gasteiger charge is 2.27. The molecule has 1 fully saturated rings. The molecular formula is C17H26N4O+2. The molecule has 1 aliphatic heterocycles. The van der Waals surface area contributed by atoms with Crippen LogP contribution in [0.5, 0.6) is 0 Å². The largest absolute Gasteiger partial charge is 0.337 e. The number of hydrogen-bond donors (Lipinski definition) is 2. The first-order valence-electron chi connectivity index (χ1n) is 8.38. The maximum Gasteiger partial charge on any atom is 0.261 e. The Morgan fingerprint density at radius 1 is 1.32 bits per heavy atom. The molecule has 3 N–H and O–H groups in total. The minimum absolute atomic E-state index is 0.109. The van der Waals surface area contributed by atoms with Crippen LogP contribution in [0.25, 0.3) is 10.9 Å². The van der Waals surface area contributed by atoms with Crippen LogP contribution in [-0.2, 0) is 6.54 Å². The predicted molar refractivity (Wildman–Crippen MR) is 87.1 cm³/mol. The highest BCUT2D eigenvalue weighted by Crippen LogP contribution is 2.12. The Labute approximate surface area is 131 Å². The number of nitrogens with zero attached hydrogens (tertiary/aromatic N) is 2. The summed E-state index contributed by atoms with van der Waals surface area (Å²) in [6.07, 6.45) is 0.947. The summed E-state index contributed by atoms with van der Waals surface area (Å²) in [7, 11) is 0. The summed E-state index contributed by atoms with van der Waals surface area (Å²) < 4.78 is 1.90. The molecule has 22 heavy (non-hydrogen) atoms. The van der Waals surface area contributed by atoms with E-state index in [2.05, 4.69) is 19.2 Å². The van der Waals surface area contributed by atoms with Crippen LogP contribution < -0.4 is 15.8 Å². The fraction of sp³-hybridized carbons (Fsp3) is 0.529. The molecule has 3 rings (SSSR count). The number of benzene rings is 1. The lowest BCUT2D eigenvalue weighted by atomic mass is 10.2. The average Bonchev–Trinajstić information content (AvgIpc) is 2.57. The van der Waals surface area contributed by atoms with Crippen molar-refractivity contribution >= 4 is 10.9 Å². The fourth-order valence-electron chi connectivity index (χ4n) is 3.42. The molecule has 0 bridgehead atoms. The number of nitrogens with one attached hydrogen (secondary N) is 1. The molecule has 1 atom stereocenters. The molecule has 0 saturated carbocycles. The normalized spacial score (nSPS) is 17.7. The zero-order valence-electron chi connectivity index (χ0n) is 13.5. The third-order valence-corrected chi connectivity index (χ3v) is 4.68.